The summed E-state index contributed by atoms with van der Waals surface area (Å²) in [6.45, 7) is 3.96. The molecule has 32 heavy (non-hydrogen) atoms. The Balaban J connectivity index is 1.69. The van der Waals surface area contributed by atoms with Crippen molar-refractivity contribution < 1.29 is 18.3 Å². The highest BCUT2D eigenvalue weighted by atomic mass is 19.1. The number of quaternary nitrogens is 2. The molecule has 0 spiro atoms. The van der Waals surface area contributed by atoms with E-state index in [2.05, 4.69) is 31.4 Å². The highest BCUT2D eigenvalue weighted by Crippen LogP contribution is 2.39. The Labute approximate surface area is 192 Å². The van der Waals surface area contributed by atoms with Gasteiger partial charge in [-0.25, -0.2) is 13.4 Å². The Kier molecular flexibility index (Phi) is 7.50. The second-order valence-electron chi connectivity index (χ2n) is 10.3. The fourth-order valence-corrected chi connectivity index (χ4v) is 6.15. The van der Waals surface area contributed by atoms with Gasteiger partial charge in [0.1, 0.15) is 11.7 Å². The summed E-state index contributed by atoms with van der Waals surface area (Å²) in [6.07, 6.45) is 12.0. The molecule has 6 nitrogen and oxygen atoms in total. The van der Waals surface area contributed by atoms with E-state index in [-0.39, 0.29) is 18.4 Å². The van der Waals surface area contributed by atoms with Gasteiger partial charge in [0.05, 0.1) is 13.1 Å². The minimum atomic E-state index is -0.311. The van der Waals surface area contributed by atoms with E-state index in [1.807, 2.05) is 0 Å². The lowest BCUT2D eigenvalue weighted by Gasteiger charge is -2.51. The van der Waals surface area contributed by atoms with Crippen LogP contribution in [0.4, 0.5) is 10.1 Å². The summed E-state index contributed by atoms with van der Waals surface area (Å²) < 4.78 is 27.1. The molecule has 2 aliphatic heterocycles. The van der Waals surface area contributed by atoms with E-state index >= 15 is 4.39 Å². The van der Waals surface area contributed by atoms with Gasteiger partial charge in [0.25, 0.3) is 0 Å². The van der Waals surface area contributed by atoms with E-state index in [0.29, 0.717) is 18.8 Å². The largest absolute Gasteiger partial charge is 0.464 e. The lowest BCUT2D eigenvalue weighted by Crippen LogP contribution is -2.71. The van der Waals surface area contributed by atoms with E-state index in [1.165, 1.54) is 51.4 Å². The molecular formula is C25H41FN4O2+2. The van der Waals surface area contributed by atoms with Crippen molar-refractivity contribution in [2.45, 2.75) is 63.5 Å². The Morgan fingerprint density at radius 2 is 1.78 bits per heavy atom. The summed E-state index contributed by atoms with van der Waals surface area (Å²) in [5.41, 5.74) is 1.04. The van der Waals surface area contributed by atoms with Gasteiger partial charge in [-0.2, -0.15) is 4.99 Å². The van der Waals surface area contributed by atoms with Crippen LogP contribution in [-0.2, 0) is 4.74 Å². The average molecular weight is 449 g/mol. The lowest BCUT2D eigenvalue weighted by molar-refractivity contribution is -0.856. The van der Waals surface area contributed by atoms with Gasteiger partial charge in [0, 0.05) is 58.0 Å². The molecule has 0 bridgehead atoms. The maximum absolute atomic E-state index is 15.1. The molecular weight excluding hydrogens is 407 g/mol. The van der Waals surface area contributed by atoms with Gasteiger partial charge in [0.15, 0.2) is 31.4 Å². The second kappa shape index (κ2) is 10.2. The summed E-state index contributed by atoms with van der Waals surface area (Å²) in [6, 6.07) is 6.59. The first-order valence-corrected chi connectivity index (χ1v) is 12.3. The summed E-state index contributed by atoms with van der Waals surface area (Å²) in [5.74, 6) is -0.0589. The molecule has 1 aliphatic carbocycles. The van der Waals surface area contributed by atoms with Gasteiger partial charge in [-0.1, -0.05) is 12.8 Å². The molecule has 178 valence electrons. The van der Waals surface area contributed by atoms with Crippen LogP contribution >= 0.6 is 0 Å². The Bertz CT molecular complexity index is 790. The number of nitrogens with zero attached hydrogens (tertiary/aromatic N) is 4. The molecule has 1 aromatic carbocycles. The van der Waals surface area contributed by atoms with E-state index in [9.17, 15) is 0 Å². The third-order valence-electron chi connectivity index (χ3n) is 8.04. The van der Waals surface area contributed by atoms with Crippen molar-refractivity contribution in [3.63, 3.8) is 0 Å². The zero-order chi connectivity index (χ0) is 22.6. The lowest BCUT2D eigenvalue weighted by atomic mass is 9.99. The van der Waals surface area contributed by atoms with E-state index < -0.39 is 0 Å². The number of methoxy groups -OCH3 is 1. The number of likely N-dealkylation sites (tertiary alicyclic amines) is 1. The van der Waals surface area contributed by atoms with Crippen molar-refractivity contribution in [2.24, 2.45) is 4.99 Å². The van der Waals surface area contributed by atoms with E-state index in [4.69, 9.17) is 14.5 Å². The van der Waals surface area contributed by atoms with Crippen LogP contribution in [0.1, 0.15) is 51.4 Å². The molecule has 2 atom stereocenters. The zero-order valence-electron chi connectivity index (χ0n) is 20.1. The van der Waals surface area contributed by atoms with Crippen LogP contribution in [0.25, 0.3) is 0 Å². The quantitative estimate of drug-likeness (QED) is 0.369. The van der Waals surface area contributed by atoms with Gasteiger partial charge in [0.2, 0.25) is 6.67 Å². The molecule has 7 heteroatoms. The summed E-state index contributed by atoms with van der Waals surface area (Å²) in [4.78, 5) is 7.42. The maximum Gasteiger partial charge on any atom is 0.219 e. The molecule has 2 heterocycles. The van der Waals surface area contributed by atoms with Crippen LogP contribution in [0.15, 0.2) is 23.2 Å². The first-order valence-electron chi connectivity index (χ1n) is 12.3. The molecule has 1 aromatic rings. The SMILES string of the molecule is COCOc1ccc([N+]2(C3CCCCCC3)CN=C[N+](C)(C3CCN(C)CC3)C2)cc1F. The molecule has 0 radical (unpaired) electrons. The zero-order valence-corrected chi connectivity index (χ0v) is 20.1. The molecule has 1 saturated carbocycles. The van der Waals surface area contributed by atoms with Crippen LogP contribution in [0.3, 0.4) is 0 Å². The minimum absolute atomic E-state index is 0.0499. The standard InChI is InChI=1S/C25H41FN4O2/c1-28-14-12-21(13-15-28)29(2)17-27-18-30(19-29,22-8-6-4-5-7-9-22)23-10-11-25(24(26)16-23)32-20-31-3/h10-11,16-17,21-22H,4-9,12-15,18-20H2,1-3H3/q+2. The smallest absolute Gasteiger partial charge is 0.219 e. The predicted molar refractivity (Wildman–Crippen MR) is 127 cm³/mol. The number of benzene rings is 1. The average Bonchev–Trinajstić information content (AvgIpc) is 3.08. The summed E-state index contributed by atoms with van der Waals surface area (Å²) in [5, 5.41) is 0. The molecule has 3 aliphatic rings. The topological polar surface area (TPSA) is 34.1 Å². The molecule has 4 rings (SSSR count). The first-order chi connectivity index (χ1) is 15.5. The molecule has 0 aromatic heterocycles. The van der Waals surface area contributed by atoms with E-state index in [0.717, 1.165) is 34.4 Å². The highest BCUT2D eigenvalue weighted by Gasteiger charge is 2.50. The molecule has 2 fully saturated rings. The number of halogens is 1. The van der Waals surface area contributed by atoms with Crippen LogP contribution in [0.5, 0.6) is 5.75 Å². The van der Waals surface area contributed by atoms with Crippen molar-refractivity contribution >= 4 is 12.0 Å². The van der Waals surface area contributed by atoms with Gasteiger partial charge in [-0.05, 0) is 26.0 Å². The Morgan fingerprint density at radius 3 is 2.44 bits per heavy atom. The number of hydrogen-bond donors (Lipinski definition) is 0. The number of aliphatic imine (C=N–C) groups is 1. The second-order valence-corrected chi connectivity index (χ2v) is 10.3. The monoisotopic (exact) mass is 448 g/mol. The summed E-state index contributed by atoms with van der Waals surface area (Å²) in [7, 11) is 6.10. The number of piperidine rings is 1. The van der Waals surface area contributed by atoms with Crippen molar-refractivity contribution in [2.75, 3.05) is 54.4 Å². The van der Waals surface area contributed by atoms with Crippen LogP contribution in [-0.4, -0.2) is 82.2 Å². The fraction of sp³-hybridized carbons (Fsp3) is 0.720. The third-order valence-corrected chi connectivity index (χ3v) is 8.04. The Hall–Kier alpha value is -1.54. The fourth-order valence-electron chi connectivity index (χ4n) is 6.15. The minimum Gasteiger partial charge on any atom is -0.464 e. The van der Waals surface area contributed by atoms with Crippen molar-refractivity contribution in [3.8, 4) is 5.75 Å². The maximum atomic E-state index is 15.1. The molecule has 0 N–H and O–H groups in total. The van der Waals surface area contributed by atoms with Gasteiger partial charge < -0.3 is 14.4 Å². The number of hydrogen-bond acceptors (Lipinski definition) is 4. The van der Waals surface area contributed by atoms with Crippen LogP contribution in [0, 0.1) is 5.82 Å². The molecule has 2 unspecified atom stereocenters. The molecule has 1 saturated heterocycles. The van der Waals surface area contributed by atoms with Crippen molar-refractivity contribution in [1.82, 2.24) is 9.38 Å². The van der Waals surface area contributed by atoms with Crippen molar-refractivity contribution in [1.29, 1.82) is 0 Å². The van der Waals surface area contributed by atoms with E-state index in [1.54, 1.807) is 19.2 Å². The highest BCUT2D eigenvalue weighted by molar-refractivity contribution is 5.53. The summed E-state index contributed by atoms with van der Waals surface area (Å²) >= 11 is 0. The van der Waals surface area contributed by atoms with Crippen LogP contribution in [0.2, 0.25) is 0 Å². The third kappa shape index (κ3) is 4.86. The Morgan fingerprint density at radius 1 is 1.06 bits per heavy atom. The van der Waals surface area contributed by atoms with Gasteiger partial charge in [-0.3, -0.25) is 0 Å². The van der Waals surface area contributed by atoms with Gasteiger partial charge >= 0.3 is 0 Å². The normalized spacial score (nSPS) is 30.9. The molecule has 0 amide bonds. The van der Waals surface area contributed by atoms with Gasteiger partial charge in [-0.15, -0.1) is 0 Å². The predicted octanol–water partition coefficient (Wildman–Crippen LogP) is 4.34. The first kappa shape index (κ1) is 23.6. The number of ether oxygens (including phenoxy) is 2. The van der Waals surface area contributed by atoms with Crippen molar-refractivity contribution in [3.05, 3.63) is 24.0 Å². The number of rotatable bonds is 6. The van der Waals surface area contributed by atoms with Crippen LogP contribution < -0.4 is 9.22 Å².